The van der Waals surface area contributed by atoms with Gasteiger partial charge in [-0.25, -0.2) is 4.39 Å². The lowest BCUT2D eigenvalue weighted by Gasteiger charge is -2.38. The van der Waals surface area contributed by atoms with E-state index in [4.69, 9.17) is 0 Å². The molecule has 0 unspecified atom stereocenters. The quantitative estimate of drug-likeness (QED) is 0.910. The molecule has 0 aliphatic carbocycles. The van der Waals surface area contributed by atoms with Gasteiger partial charge in [-0.05, 0) is 56.7 Å². The fourth-order valence-electron chi connectivity index (χ4n) is 3.38. The third-order valence-corrected chi connectivity index (χ3v) is 5.07. The molecule has 1 N–H and O–H groups in total. The molecule has 1 saturated heterocycles. The summed E-state index contributed by atoms with van der Waals surface area (Å²) < 4.78 is 13.1. The monoisotopic (exact) mass is 355 g/mol. The zero-order chi connectivity index (χ0) is 18.7. The molecule has 5 heteroatoms. The van der Waals surface area contributed by atoms with Gasteiger partial charge >= 0.3 is 0 Å². The molecule has 0 spiro atoms. The van der Waals surface area contributed by atoms with Crippen molar-refractivity contribution in [2.75, 3.05) is 36.4 Å². The summed E-state index contributed by atoms with van der Waals surface area (Å²) in [5, 5.41) is 3.05. The van der Waals surface area contributed by atoms with Gasteiger partial charge in [0.15, 0.2) is 0 Å². The van der Waals surface area contributed by atoms with Gasteiger partial charge in [0.2, 0.25) is 5.91 Å². The van der Waals surface area contributed by atoms with E-state index in [9.17, 15) is 9.18 Å². The van der Waals surface area contributed by atoms with Crippen molar-refractivity contribution in [2.24, 2.45) is 0 Å². The van der Waals surface area contributed by atoms with Gasteiger partial charge in [-0.15, -0.1) is 0 Å². The molecule has 0 bridgehead atoms. The first kappa shape index (κ1) is 18.4. The van der Waals surface area contributed by atoms with Gasteiger partial charge in [0.05, 0.1) is 6.04 Å². The number of piperazine rings is 1. The van der Waals surface area contributed by atoms with Crippen molar-refractivity contribution < 1.29 is 9.18 Å². The summed E-state index contributed by atoms with van der Waals surface area (Å²) in [6.45, 7) is 9.26. The van der Waals surface area contributed by atoms with Crippen molar-refractivity contribution in [3.63, 3.8) is 0 Å². The van der Waals surface area contributed by atoms with E-state index in [1.807, 2.05) is 32.9 Å². The highest BCUT2D eigenvalue weighted by Gasteiger charge is 2.26. The Kier molecular flexibility index (Phi) is 5.57. The Morgan fingerprint density at radius 2 is 1.69 bits per heavy atom. The summed E-state index contributed by atoms with van der Waals surface area (Å²) in [4.78, 5) is 17.0. The number of hydrogen-bond donors (Lipinski definition) is 1. The van der Waals surface area contributed by atoms with Crippen LogP contribution in [0.2, 0.25) is 0 Å². The van der Waals surface area contributed by atoms with Crippen molar-refractivity contribution in [3.05, 3.63) is 59.4 Å². The first-order valence-electron chi connectivity index (χ1n) is 9.07. The van der Waals surface area contributed by atoms with Crippen LogP contribution in [0.5, 0.6) is 0 Å². The molecule has 0 aromatic heterocycles. The molecule has 2 aromatic rings. The van der Waals surface area contributed by atoms with Crippen LogP contribution in [0.4, 0.5) is 15.8 Å². The summed E-state index contributed by atoms with van der Waals surface area (Å²) in [5.41, 5.74) is 4.16. The van der Waals surface area contributed by atoms with Crippen LogP contribution in [0, 0.1) is 19.7 Å². The van der Waals surface area contributed by atoms with Crippen LogP contribution < -0.4 is 10.2 Å². The molecule has 26 heavy (non-hydrogen) atoms. The Bertz CT molecular complexity index is 767. The number of hydrogen-bond acceptors (Lipinski definition) is 3. The molecule has 0 saturated carbocycles. The molecular weight excluding hydrogens is 329 g/mol. The normalized spacial score (nSPS) is 16.4. The van der Waals surface area contributed by atoms with Crippen LogP contribution in [0.3, 0.4) is 0 Å². The topological polar surface area (TPSA) is 35.6 Å². The maximum absolute atomic E-state index is 13.1. The van der Waals surface area contributed by atoms with E-state index in [-0.39, 0.29) is 17.8 Å². The highest BCUT2D eigenvalue weighted by molar-refractivity contribution is 5.95. The number of rotatable bonds is 4. The third kappa shape index (κ3) is 4.22. The Balaban J connectivity index is 1.56. The highest BCUT2D eigenvalue weighted by atomic mass is 19.1. The van der Waals surface area contributed by atoms with Crippen LogP contribution in [-0.2, 0) is 4.79 Å². The van der Waals surface area contributed by atoms with Gasteiger partial charge in [0.1, 0.15) is 5.82 Å². The average Bonchev–Trinajstić information content (AvgIpc) is 2.64. The number of benzene rings is 2. The standard InChI is InChI=1S/C21H26FN3O/c1-15-4-9-20(16(2)14-15)23-21(26)17(3)24-10-12-25(13-11-24)19-7-5-18(22)6-8-19/h4-9,14,17H,10-13H2,1-3H3,(H,23,26)/t17-/m0/s1. The van der Waals surface area contributed by atoms with Gasteiger partial charge < -0.3 is 10.2 Å². The number of amides is 1. The molecule has 4 nitrogen and oxygen atoms in total. The van der Waals surface area contributed by atoms with Crippen LogP contribution >= 0.6 is 0 Å². The summed E-state index contributed by atoms with van der Waals surface area (Å²) in [7, 11) is 0. The molecule has 1 fully saturated rings. The molecule has 0 radical (unpaired) electrons. The van der Waals surface area contributed by atoms with Crippen LogP contribution in [0.15, 0.2) is 42.5 Å². The molecule has 1 aliphatic heterocycles. The first-order chi connectivity index (χ1) is 12.4. The predicted molar refractivity (Wildman–Crippen MR) is 104 cm³/mol. The molecule has 1 atom stereocenters. The lowest BCUT2D eigenvalue weighted by atomic mass is 10.1. The van der Waals surface area contributed by atoms with E-state index < -0.39 is 0 Å². The van der Waals surface area contributed by atoms with E-state index in [1.54, 1.807) is 12.1 Å². The van der Waals surface area contributed by atoms with Crippen molar-refractivity contribution in [2.45, 2.75) is 26.8 Å². The fraction of sp³-hybridized carbons (Fsp3) is 0.381. The number of anilines is 2. The zero-order valence-corrected chi connectivity index (χ0v) is 15.6. The van der Waals surface area contributed by atoms with E-state index in [0.29, 0.717) is 0 Å². The number of carbonyl (C=O) groups excluding carboxylic acids is 1. The molecular formula is C21H26FN3O. The summed E-state index contributed by atoms with van der Waals surface area (Å²) >= 11 is 0. The minimum absolute atomic E-state index is 0.0205. The number of carbonyl (C=O) groups is 1. The van der Waals surface area contributed by atoms with Gasteiger partial charge in [-0.3, -0.25) is 9.69 Å². The zero-order valence-electron chi connectivity index (χ0n) is 15.6. The predicted octanol–water partition coefficient (Wildman–Crippen LogP) is 3.59. The average molecular weight is 355 g/mol. The smallest absolute Gasteiger partial charge is 0.241 e. The molecule has 3 rings (SSSR count). The summed E-state index contributed by atoms with van der Waals surface area (Å²) in [6.07, 6.45) is 0. The maximum atomic E-state index is 13.1. The van der Waals surface area contributed by atoms with E-state index in [2.05, 4.69) is 21.2 Å². The Morgan fingerprint density at radius 1 is 1.04 bits per heavy atom. The molecule has 1 aliphatic rings. The Morgan fingerprint density at radius 3 is 2.31 bits per heavy atom. The van der Waals surface area contributed by atoms with Crippen molar-refractivity contribution >= 4 is 17.3 Å². The second kappa shape index (κ2) is 7.87. The Hall–Kier alpha value is -2.40. The summed E-state index contributed by atoms with van der Waals surface area (Å²) in [6, 6.07) is 12.4. The van der Waals surface area contributed by atoms with Crippen LogP contribution in [-0.4, -0.2) is 43.0 Å². The van der Waals surface area contributed by atoms with E-state index >= 15 is 0 Å². The number of nitrogens with zero attached hydrogens (tertiary/aromatic N) is 2. The second-order valence-corrected chi connectivity index (χ2v) is 6.98. The number of nitrogens with one attached hydrogen (secondary N) is 1. The van der Waals surface area contributed by atoms with Gasteiger partial charge in [0.25, 0.3) is 0 Å². The highest BCUT2D eigenvalue weighted by Crippen LogP contribution is 2.19. The Labute approximate surface area is 154 Å². The minimum Gasteiger partial charge on any atom is -0.369 e. The number of halogens is 1. The second-order valence-electron chi connectivity index (χ2n) is 6.98. The first-order valence-corrected chi connectivity index (χ1v) is 9.07. The maximum Gasteiger partial charge on any atom is 0.241 e. The number of aryl methyl sites for hydroxylation is 2. The van der Waals surface area contributed by atoms with Gasteiger partial charge in [0, 0.05) is 37.6 Å². The lowest BCUT2D eigenvalue weighted by Crippen LogP contribution is -2.52. The van der Waals surface area contributed by atoms with Gasteiger partial charge in [-0.2, -0.15) is 0 Å². The van der Waals surface area contributed by atoms with E-state index in [1.165, 1.54) is 17.7 Å². The third-order valence-electron chi connectivity index (χ3n) is 5.07. The van der Waals surface area contributed by atoms with Crippen molar-refractivity contribution in [3.8, 4) is 0 Å². The molecule has 1 heterocycles. The molecule has 2 aromatic carbocycles. The SMILES string of the molecule is Cc1ccc(NC(=O)[C@H](C)N2CCN(c3ccc(F)cc3)CC2)c(C)c1. The van der Waals surface area contributed by atoms with Crippen molar-refractivity contribution in [1.29, 1.82) is 0 Å². The summed E-state index contributed by atoms with van der Waals surface area (Å²) in [5.74, 6) is -0.198. The van der Waals surface area contributed by atoms with Crippen molar-refractivity contribution in [1.82, 2.24) is 4.90 Å². The van der Waals surface area contributed by atoms with Crippen LogP contribution in [0.1, 0.15) is 18.1 Å². The van der Waals surface area contributed by atoms with Gasteiger partial charge in [-0.1, -0.05) is 17.7 Å². The fourth-order valence-corrected chi connectivity index (χ4v) is 3.38. The molecule has 1 amide bonds. The van der Waals surface area contributed by atoms with E-state index in [0.717, 1.165) is 43.1 Å². The molecule has 138 valence electrons. The largest absolute Gasteiger partial charge is 0.369 e. The lowest BCUT2D eigenvalue weighted by molar-refractivity contribution is -0.120. The minimum atomic E-state index is -0.218. The van der Waals surface area contributed by atoms with Crippen LogP contribution in [0.25, 0.3) is 0 Å².